The summed E-state index contributed by atoms with van der Waals surface area (Å²) in [7, 11) is 0. The number of fused-ring (bicyclic) bond motifs is 3. The minimum atomic E-state index is -4.73. The number of nitrogens with one attached hydrogen (secondary N) is 1. The lowest BCUT2D eigenvalue weighted by Gasteiger charge is -2.06. The monoisotopic (exact) mass is 333 g/mol. The van der Waals surface area contributed by atoms with Gasteiger partial charge < -0.3 is 5.32 Å². The molecule has 1 aliphatic carbocycles. The van der Waals surface area contributed by atoms with Crippen molar-refractivity contribution in [2.45, 2.75) is 13.1 Å². The largest absolute Gasteiger partial charge is 0.451 e. The van der Waals surface area contributed by atoms with Gasteiger partial charge in [0.2, 0.25) is 11.6 Å². The van der Waals surface area contributed by atoms with E-state index in [0.717, 1.165) is 6.20 Å². The Kier molecular flexibility index (Phi) is 3.47. The molecule has 8 heteroatoms. The van der Waals surface area contributed by atoms with E-state index in [1.54, 1.807) is 6.07 Å². The molecule has 1 aromatic heterocycles. The van der Waals surface area contributed by atoms with Crippen LogP contribution >= 0.6 is 0 Å². The molecule has 1 aliphatic rings. The maximum Gasteiger partial charge on any atom is 0.451 e. The summed E-state index contributed by atoms with van der Waals surface area (Å²) >= 11 is 0. The van der Waals surface area contributed by atoms with E-state index in [9.17, 15) is 22.8 Å². The Bertz CT molecular complexity index is 904. The number of amides is 1. The molecule has 0 saturated heterocycles. The van der Waals surface area contributed by atoms with E-state index in [2.05, 4.69) is 21.9 Å². The predicted molar refractivity (Wildman–Crippen MR) is 79.3 cm³/mol. The number of rotatable bonds is 2. The Hall–Kier alpha value is -3.03. The summed E-state index contributed by atoms with van der Waals surface area (Å²) < 4.78 is 38.1. The van der Waals surface area contributed by atoms with Gasteiger partial charge in [0.1, 0.15) is 5.69 Å². The molecule has 1 amide bonds. The van der Waals surface area contributed by atoms with E-state index in [1.165, 1.54) is 19.1 Å². The van der Waals surface area contributed by atoms with Crippen molar-refractivity contribution in [1.82, 2.24) is 9.97 Å². The van der Waals surface area contributed by atoms with Crippen molar-refractivity contribution in [3.05, 3.63) is 53.6 Å². The normalized spacial score (nSPS) is 12.6. The van der Waals surface area contributed by atoms with Crippen LogP contribution in [-0.2, 0) is 11.0 Å². The highest BCUT2D eigenvalue weighted by atomic mass is 19.4. The third-order valence-corrected chi connectivity index (χ3v) is 3.46. The fraction of sp³-hybridized carbons (Fsp3) is 0.125. The molecule has 24 heavy (non-hydrogen) atoms. The molecule has 0 fully saturated rings. The number of hydrogen-bond acceptors (Lipinski definition) is 4. The number of alkyl halides is 3. The minimum absolute atomic E-state index is 0.165. The first kappa shape index (κ1) is 15.9. The van der Waals surface area contributed by atoms with Crippen LogP contribution in [0.3, 0.4) is 0 Å². The smallest absolute Gasteiger partial charge is 0.322 e. The Morgan fingerprint density at radius 2 is 1.92 bits per heavy atom. The van der Waals surface area contributed by atoms with Crippen molar-refractivity contribution in [3.8, 4) is 11.1 Å². The number of carbonyl (C=O) groups is 2. The van der Waals surface area contributed by atoms with Crippen molar-refractivity contribution >= 4 is 17.4 Å². The molecule has 0 aliphatic heterocycles. The molecular weight excluding hydrogens is 323 g/mol. The Labute approximate surface area is 134 Å². The fourth-order valence-corrected chi connectivity index (χ4v) is 2.30. The van der Waals surface area contributed by atoms with Crippen LogP contribution in [0, 0.1) is 0 Å². The van der Waals surface area contributed by atoms with Crippen LogP contribution in [0.1, 0.15) is 28.8 Å². The van der Waals surface area contributed by atoms with Gasteiger partial charge in [0.15, 0.2) is 0 Å². The molecule has 1 heterocycles. The Morgan fingerprint density at radius 1 is 1.21 bits per heavy atom. The molecule has 122 valence electrons. The van der Waals surface area contributed by atoms with Crippen LogP contribution in [0.4, 0.5) is 18.9 Å². The zero-order chi connectivity index (χ0) is 17.6. The average molecular weight is 333 g/mol. The van der Waals surface area contributed by atoms with Gasteiger partial charge in [-0.15, -0.1) is 0 Å². The number of carbonyl (C=O) groups excluding carboxylic acids is 2. The van der Waals surface area contributed by atoms with Gasteiger partial charge in [0.05, 0.1) is 0 Å². The molecular formula is C16H10F3N3O2. The zero-order valence-corrected chi connectivity index (χ0v) is 12.4. The number of nitrogens with zero attached hydrogens (tertiary/aromatic N) is 2. The lowest BCUT2D eigenvalue weighted by molar-refractivity contribution is -0.145. The molecule has 0 saturated carbocycles. The summed E-state index contributed by atoms with van der Waals surface area (Å²) in [6.45, 7) is 5.03. The Balaban J connectivity index is 2.02. The molecule has 1 aromatic carbocycles. The molecule has 5 nitrogen and oxygen atoms in total. The fourth-order valence-electron chi connectivity index (χ4n) is 2.30. The summed E-state index contributed by atoms with van der Waals surface area (Å²) in [5.74, 6) is -2.42. The van der Waals surface area contributed by atoms with Gasteiger partial charge in [-0.2, -0.15) is 13.2 Å². The van der Waals surface area contributed by atoms with Crippen molar-refractivity contribution in [2.75, 3.05) is 5.32 Å². The van der Waals surface area contributed by atoms with E-state index in [4.69, 9.17) is 0 Å². The first-order chi connectivity index (χ1) is 11.2. The highest BCUT2D eigenvalue weighted by molar-refractivity contribution is 6.21. The summed E-state index contributed by atoms with van der Waals surface area (Å²) in [4.78, 5) is 30.6. The second-order valence-corrected chi connectivity index (χ2v) is 5.28. The number of anilines is 1. The second kappa shape index (κ2) is 5.26. The SMILES string of the molecule is C=C(C)C(=O)Nc1ccc2c(c1)C(=O)c1nc(C(F)(F)F)ncc1-2. The van der Waals surface area contributed by atoms with Crippen LogP contribution in [0.15, 0.2) is 36.5 Å². The van der Waals surface area contributed by atoms with E-state index < -0.39 is 23.7 Å². The minimum Gasteiger partial charge on any atom is -0.322 e. The van der Waals surface area contributed by atoms with Gasteiger partial charge in [-0.3, -0.25) is 9.59 Å². The lowest BCUT2D eigenvalue weighted by atomic mass is 10.1. The van der Waals surface area contributed by atoms with Crippen LogP contribution in [0.25, 0.3) is 11.1 Å². The van der Waals surface area contributed by atoms with Gasteiger partial charge >= 0.3 is 6.18 Å². The van der Waals surface area contributed by atoms with Gasteiger partial charge in [-0.1, -0.05) is 12.6 Å². The van der Waals surface area contributed by atoms with Crippen molar-refractivity contribution in [1.29, 1.82) is 0 Å². The number of hydrogen-bond donors (Lipinski definition) is 1. The Morgan fingerprint density at radius 3 is 2.54 bits per heavy atom. The standard InChI is InChI=1S/C16H10F3N3O2/c1-7(2)14(24)21-8-3-4-9-10(5-8)13(23)12-11(9)6-20-15(22-12)16(17,18)19/h3-6H,1H2,2H3,(H,21,24). The van der Waals surface area contributed by atoms with E-state index in [1.807, 2.05) is 0 Å². The average Bonchev–Trinajstić information content (AvgIpc) is 2.79. The molecule has 0 radical (unpaired) electrons. The van der Waals surface area contributed by atoms with Gasteiger partial charge in [0.25, 0.3) is 5.91 Å². The molecule has 0 atom stereocenters. The quantitative estimate of drug-likeness (QED) is 0.731. The first-order valence-electron chi connectivity index (χ1n) is 6.78. The first-order valence-corrected chi connectivity index (χ1v) is 6.78. The summed E-state index contributed by atoms with van der Waals surface area (Å²) in [6, 6.07) is 4.47. The van der Waals surface area contributed by atoms with Crippen molar-refractivity contribution in [2.24, 2.45) is 0 Å². The third-order valence-electron chi connectivity index (χ3n) is 3.46. The maximum absolute atomic E-state index is 12.7. The molecule has 2 aromatic rings. The predicted octanol–water partition coefficient (Wildman–Crippen LogP) is 3.22. The van der Waals surface area contributed by atoms with Crippen LogP contribution < -0.4 is 5.32 Å². The zero-order valence-electron chi connectivity index (χ0n) is 12.4. The van der Waals surface area contributed by atoms with Crippen LogP contribution in [0.2, 0.25) is 0 Å². The second-order valence-electron chi connectivity index (χ2n) is 5.28. The summed E-state index contributed by atoms with van der Waals surface area (Å²) in [6.07, 6.45) is -3.74. The lowest BCUT2D eigenvalue weighted by Crippen LogP contribution is -2.13. The maximum atomic E-state index is 12.7. The molecule has 0 spiro atoms. The van der Waals surface area contributed by atoms with Gasteiger partial charge in [-0.05, 0) is 24.6 Å². The van der Waals surface area contributed by atoms with Crippen LogP contribution in [0.5, 0.6) is 0 Å². The summed E-state index contributed by atoms with van der Waals surface area (Å²) in [5, 5.41) is 2.55. The molecule has 1 N–H and O–H groups in total. The highest BCUT2D eigenvalue weighted by Crippen LogP contribution is 2.38. The third kappa shape index (κ3) is 2.55. The van der Waals surface area contributed by atoms with E-state index in [-0.39, 0.29) is 22.4 Å². The molecule has 0 bridgehead atoms. The van der Waals surface area contributed by atoms with Crippen molar-refractivity contribution < 1.29 is 22.8 Å². The van der Waals surface area contributed by atoms with Gasteiger partial charge in [-0.25, -0.2) is 9.97 Å². The number of benzene rings is 1. The topological polar surface area (TPSA) is 72.0 Å². The number of halogens is 3. The van der Waals surface area contributed by atoms with E-state index >= 15 is 0 Å². The molecule has 3 rings (SSSR count). The van der Waals surface area contributed by atoms with Crippen LogP contribution in [-0.4, -0.2) is 21.7 Å². The van der Waals surface area contributed by atoms with E-state index in [0.29, 0.717) is 11.3 Å². The van der Waals surface area contributed by atoms with Gasteiger partial charge in [0, 0.05) is 28.6 Å². The number of aromatic nitrogens is 2. The van der Waals surface area contributed by atoms with Crippen molar-refractivity contribution in [3.63, 3.8) is 0 Å². The summed E-state index contributed by atoms with van der Waals surface area (Å²) in [5.41, 5.74) is 1.16. The highest BCUT2D eigenvalue weighted by Gasteiger charge is 2.38. The number of ketones is 1. The molecule has 0 unspecified atom stereocenters.